The minimum Gasteiger partial charge on any atom is -0.492 e. The summed E-state index contributed by atoms with van der Waals surface area (Å²) in [5, 5.41) is 0. The molecule has 4 nitrogen and oxygen atoms in total. The van der Waals surface area contributed by atoms with E-state index >= 15 is 0 Å². The van der Waals surface area contributed by atoms with Gasteiger partial charge in [-0.3, -0.25) is 4.55 Å². The summed E-state index contributed by atoms with van der Waals surface area (Å²) < 4.78 is 35.0. The third-order valence-corrected chi connectivity index (χ3v) is 3.04. The molecule has 0 spiro atoms. The fraction of sp³-hybridized carbons (Fsp3) is 0.400. The third-order valence-electron chi connectivity index (χ3n) is 2.36. The molecule has 0 aliphatic rings. The van der Waals surface area contributed by atoms with Crippen LogP contribution in [0.4, 0.5) is 0 Å². The summed E-state index contributed by atoms with van der Waals surface area (Å²) in [6.45, 7) is -0.167. The van der Waals surface area contributed by atoms with Gasteiger partial charge in [-0.15, -0.1) is 0 Å². The largest absolute Gasteiger partial charge is 0.492 e. The SMILES string of the molecule is [B]Cc1cc(OCCS(=O)(=O)O)c(C[B])cc1[B]. The van der Waals surface area contributed by atoms with Gasteiger partial charge in [0, 0.05) is 0 Å². The minimum absolute atomic E-state index is 0.167. The Hall–Kier alpha value is -0.875. The second-order valence-electron chi connectivity index (χ2n) is 3.70. The van der Waals surface area contributed by atoms with Gasteiger partial charge in [0.05, 0.1) is 15.7 Å². The van der Waals surface area contributed by atoms with Crippen LogP contribution in [0.2, 0.25) is 0 Å². The van der Waals surface area contributed by atoms with Gasteiger partial charge in [0.25, 0.3) is 10.1 Å². The van der Waals surface area contributed by atoms with Crippen LogP contribution < -0.4 is 10.2 Å². The van der Waals surface area contributed by atoms with Crippen molar-refractivity contribution < 1.29 is 17.7 Å². The zero-order valence-corrected chi connectivity index (χ0v) is 10.6. The van der Waals surface area contributed by atoms with E-state index in [1.807, 2.05) is 0 Å². The lowest BCUT2D eigenvalue weighted by atomic mass is 9.81. The number of hydrogen-bond donors (Lipinski definition) is 1. The Bertz CT molecular complexity index is 516. The molecule has 0 aliphatic carbocycles. The van der Waals surface area contributed by atoms with E-state index in [0.29, 0.717) is 22.3 Å². The molecule has 1 aromatic carbocycles. The molecule has 0 fully saturated rings. The number of benzene rings is 1. The standard InChI is InChI=1S/C10H11B3O4S/c11-5-7-4-10(8(6-12)3-9(7)13)17-1-2-18(14,15)16/h3-4H,1-2,5-6H2,(H,14,15,16). The van der Waals surface area contributed by atoms with Crippen LogP contribution in [0.1, 0.15) is 11.1 Å². The highest BCUT2D eigenvalue weighted by molar-refractivity contribution is 7.85. The fourth-order valence-electron chi connectivity index (χ4n) is 1.41. The first-order valence-corrected chi connectivity index (χ1v) is 6.87. The van der Waals surface area contributed by atoms with E-state index in [9.17, 15) is 8.42 Å². The molecule has 0 atom stereocenters. The van der Waals surface area contributed by atoms with Crippen molar-refractivity contribution in [2.24, 2.45) is 0 Å². The summed E-state index contributed by atoms with van der Waals surface area (Å²) in [7, 11) is 12.7. The molecule has 1 aromatic rings. The van der Waals surface area contributed by atoms with E-state index in [0.717, 1.165) is 0 Å². The Labute approximate surface area is 111 Å². The van der Waals surface area contributed by atoms with Crippen LogP contribution in [-0.2, 0) is 22.8 Å². The molecule has 0 heterocycles. The van der Waals surface area contributed by atoms with Crippen molar-refractivity contribution in [3.8, 4) is 5.75 Å². The van der Waals surface area contributed by atoms with Crippen LogP contribution in [0.3, 0.4) is 0 Å². The smallest absolute Gasteiger partial charge is 0.268 e. The molecule has 0 bridgehead atoms. The van der Waals surface area contributed by atoms with Gasteiger partial charge in [-0.2, -0.15) is 8.42 Å². The molecule has 0 aromatic heterocycles. The van der Waals surface area contributed by atoms with E-state index in [1.165, 1.54) is 0 Å². The topological polar surface area (TPSA) is 63.6 Å². The molecule has 0 saturated heterocycles. The van der Waals surface area contributed by atoms with E-state index in [4.69, 9.17) is 32.8 Å². The molecule has 6 radical (unpaired) electrons. The third kappa shape index (κ3) is 4.42. The zero-order valence-electron chi connectivity index (χ0n) is 9.80. The Morgan fingerprint density at radius 2 is 1.78 bits per heavy atom. The van der Waals surface area contributed by atoms with E-state index < -0.39 is 15.9 Å². The summed E-state index contributed by atoms with van der Waals surface area (Å²) in [4.78, 5) is 0. The highest BCUT2D eigenvalue weighted by atomic mass is 32.2. The summed E-state index contributed by atoms with van der Waals surface area (Å²) in [6.07, 6.45) is 0.446. The summed E-state index contributed by atoms with van der Waals surface area (Å²) >= 11 is 0. The molecular formula is C10H11B3O4S. The number of ether oxygens (including phenoxy) is 1. The number of rotatable bonds is 6. The van der Waals surface area contributed by atoms with Crippen molar-refractivity contribution in [3.05, 3.63) is 23.3 Å². The van der Waals surface area contributed by atoms with E-state index in [2.05, 4.69) is 0 Å². The van der Waals surface area contributed by atoms with Gasteiger partial charge in [0.1, 0.15) is 26.0 Å². The van der Waals surface area contributed by atoms with Gasteiger partial charge in [-0.05, 0) is 11.6 Å². The fourth-order valence-corrected chi connectivity index (χ4v) is 1.71. The molecule has 1 N–H and O–H groups in total. The molecular weight excluding hydrogens is 249 g/mol. The molecule has 0 unspecified atom stereocenters. The first-order chi connectivity index (χ1) is 8.37. The lowest BCUT2D eigenvalue weighted by molar-refractivity contribution is 0.333. The molecule has 0 amide bonds. The lowest BCUT2D eigenvalue weighted by Crippen LogP contribution is -2.16. The van der Waals surface area contributed by atoms with Crippen LogP contribution in [0, 0.1) is 0 Å². The first kappa shape index (κ1) is 15.2. The molecule has 18 heavy (non-hydrogen) atoms. The van der Waals surface area contributed by atoms with Crippen LogP contribution in [0.15, 0.2) is 12.1 Å². The highest BCUT2D eigenvalue weighted by Crippen LogP contribution is 2.19. The van der Waals surface area contributed by atoms with E-state index in [-0.39, 0.29) is 19.2 Å². The normalized spacial score (nSPS) is 11.4. The second kappa shape index (κ2) is 6.34. The average molecular weight is 260 g/mol. The van der Waals surface area contributed by atoms with Crippen molar-refractivity contribution in [1.82, 2.24) is 0 Å². The monoisotopic (exact) mass is 260 g/mol. The van der Waals surface area contributed by atoms with Gasteiger partial charge >= 0.3 is 0 Å². The molecule has 0 saturated carbocycles. The molecule has 8 heteroatoms. The Balaban J connectivity index is 2.86. The van der Waals surface area contributed by atoms with Crippen molar-refractivity contribution in [3.63, 3.8) is 0 Å². The van der Waals surface area contributed by atoms with Crippen LogP contribution in [-0.4, -0.2) is 48.9 Å². The van der Waals surface area contributed by atoms with Crippen molar-refractivity contribution in [1.29, 1.82) is 0 Å². The van der Waals surface area contributed by atoms with Gasteiger partial charge in [-0.1, -0.05) is 29.7 Å². The first-order valence-electron chi connectivity index (χ1n) is 5.26. The average Bonchev–Trinajstić information content (AvgIpc) is 2.28. The van der Waals surface area contributed by atoms with Crippen molar-refractivity contribution in [2.75, 3.05) is 12.4 Å². The predicted octanol–water partition coefficient (Wildman–Crippen LogP) is -0.916. The van der Waals surface area contributed by atoms with Gasteiger partial charge in [-0.25, -0.2) is 0 Å². The van der Waals surface area contributed by atoms with Crippen molar-refractivity contribution >= 4 is 39.1 Å². The summed E-state index contributed by atoms with van der Waals surface area (Å²) in [5.41, 5.74) is 1.86. The predicted molar refractivity (Wildman–Crippen MR) is 72.7 cm³/mol. The molecule has 0 aliphatic heterocycles. The quantitative estimate of drug-likeness (QED) is 0.530. The van der Waals surface area contributed by atoms with Gasteiger partial charge in [0.2, 0.25) is 0 Å². The number of hydrogen-bond acceptors (Lipinski definition) is 3. The van der Waals surface area contributed by atoms with Crippen LogP contribution in [0.5, 0.6) is 5.75 Å². The van der Waals surface area contributed by atoms with Crippen molar-refractivity contribution in [2.45, 2.75) is 12.6 Å². The molecule has 1 rings (SSSR count). The highest BCUT2D eigenvalue weighted by Gasteiger charge is 2.09. The van der Waals surface area contributed by atoms with Gasteiger partial charge in [0.15, 0.2) is 0 Å². The van der Waals surface area contributed by atoms with Crippen LogP contribution in [0.25, 0.3) is 0 Å². The summed E-state index contributed by atoms with van der Waals surface area (Å²) in [6, 6.07) is 3.27. The molecule has 90 valence electrons. The maximum absolute atomic E-state index is 10.6. The Morgan fingerprint density at radius 3 is 2.28 bits per heavy atom. The maximum Gasteiger partial charge on any atom is 0.268 e. The minimum atomic E-state index is -4.04. The zero-order chi connectivity index (χ0) is 13.8. The van der Waals surface area contributed by atoms with Crippen LogP contribution >= 0.6 is 0 Å². The maximum atomic E-state index is 10.6. The Morgan fingerprint density at radius 1 is 1.17 bits per heavy atom. The van der Waals surface area contributed by atoms with E-state index in [1.54, 1.807) is 12.1 Å². The lowest BCUT2D eigenvalue weighted by Gasteiger charge is -2.14. The van der Waals surface area contributed by atoms with Gasteiger partial charge < -0.3 is 4.74 Å². The Kier molecular flexibility index (Phi) is 5.35. The second-order valence-corrected chi connectivity index (χ2v) is 5.27. The summed E-state index contributed by atoms with van der Waals surface area (Å²) in [5.74, 6) is -0.0601.